The smallest absolute Gasteiger partial charge is 0.0359 e. The minimum atomic E-state index is 0.996. The second-order valence-corrected chi connectivity index (χ2v) is 3.85. The molecule has 2 nitrogen and oxygen atoms in total. The Bertz CT molecular complexity index is 240. The number of rotatable bonds is 7. The summed E-state index contributed by atoms with van der Waals surface area (Å²) in [4.78, 5) is 0. The molecule has 0 aliphatic carbocycles. The minimum Gasteiger partial charge on any atom is -0.353 e. The molecule has 0 saturated carbocycles. The zero-order valence-electron chi connectivity index (χ0n) is 9.42. The van der Waals surface area contributed by atoms with Crippen LogP contribution in [-0.4, -0.2) is 11.1 Å². The normalized spacial score (nSPS) is 10.7. The fourth-order valence-corrected chi connectivity index (χ4v) is 1.57. The molecule has 0 radical (unpaired) electrons. The number of aryl methyl sites for hydroxylation is 1. The number of unbranched alkanes of at least 4 members (excludes halogenated alkanes) is 3. The van der Waals surface area contributed by atoms with Crippen LogP contribution >= 0.6 is 0 Å². The molecule has 0 atom stereocenters. The molecule has 0 fully saturated rings. The SMILES string of the molecule is CCCCCCNCc1cccn1C. The van der Waals surface area contributed by atoms with Crippen LogP contribution in [0.4, 0.5) is 0 Å². The number of nitrogens with one attached hydrogen (secondary N) is 1. The number of hydrogen-bond donors (Lipinski definition) is 1. The van der Waals surface area contributed by atoms with Crippen LogP contribution in [0.25, 0.3) is 0 Å². The molecular formula is C12H22N2. The van der Waals surface area contributed by atoms with E-state index in [0.717, 1.165) is 13.1 Å². The zero-order valence-corrected chi connectivity index (χ0v) is 9.42. The fraction of sp³-hybridized carbons (Fsp3) is 0.667. The van der Waals surface area contributed by atoms with E-state index in [1.54, 1.807) is 0 Å². The Labute approximate surface area is 87.3 Å². The Morgan fingerprint density at radius 2 is 2.14 bits per heavy atom. The van der Waals surface area contributed by atoms with Gasteiger partial charge in [-0.25, -0.2) is 0 Å². The van der Waals surface area contributed by atoms with Crippen molar-refractivity contribution in [3.63, 3.8) is 0 Å². The van der Waals surface area contributed by atoms with Gasteiger partial charge in [0.1, 0.15) is 0 Å². The van der Waals surface area contributed by atoms with E-state index < -0.39 is 0 Å². The van der Waals surface area contributed by atoms with E-state index in [4.69, 9.17) is 0 Å². The monoisotopic (exact) mass is 194 g/mol. The predicted molar refractivity (Wildman–Crippen MR) is 61.3 cm³/mol. The van der Waals surface area contributed by atoms with Crippen LogP contribution in [0.5, 0.6) is 0 Å². The summed E-state index contributed by atoms with van der Waals surface area (Å²) in [6.07, 6.45) is 7.44. The van der Waals surface area contributed by atoms with Crippen LogP contribution in [0.2, 0.25) is 0 Å². The molecule has 0 aromatic carbocycles. The van der Waals surface area contributed by atoms with E-state index in [0.29, 0.717) is 0 Å². The van der Waals surface area contributed by atoms with E-state index in [1.165, 1.54) is 31.4 Å². The molecule has 14 heavy (non-hydrogen) atoms. The molecule has 1 rings (SSSR count). The lowest BCUT2D eigenvalue weighted by molar-refractivity contribution is 0.586. The molecule has 0 saturated heterocycles. The van der Waals surface area contributed by atoms with Crippen molar-refractivity contribution in [3.8, 4) is 0 Å². The lowest BCUT2D eigenvalue weighted by atomic mass is 10.2. The highest BCUT2D eigenvalue weighted by atomic mass is 15.0. The van der Waals surface area contributed by atoms with Crippen molar-refractivity contribution in [2.45, 2.75) is 39.2 Å². The van der Waals surface area contributed by atoms with Crippen molar-refractivity contribution < 1.29 is 0 Å². The molecular weight excluding hydrogens is 172 g/mol. The highest BCUT2D eigenvalue weighted by molar-refractivity contribution is 5.05. The summed E-state index contributed by atoms with van der Waals surface area (Å²) in [6, 6.07) is 4.26. The van der Waals surface area contributed by atoms with Gasteiger partial charge in [-0.1, -0.05) is 26.2 Å². The van der Waals surface area contributed by atoms with Crippen molar-refractivity contribution in [2.75, 3.05) is 6.54 Å². The standard InChI is InChI=1S/C12H22N2/c1-3-4-5-6-9-13-11-12-8-7-10-14(12)2/h7-8,10,13H,3-6,9,11H2,1-2H3. The second-order valence-electron chi connectivity index (χ2n) is 3.85. The molecule has 1 N–H and O–H groups in total. The second kappa shape index (κ2) is 6.66. The van der Waals surface area contributed by atoms with E-state index in [1.807, 2.05) is 0 Å². The van der Waals surface area contributed by atoms with Crippen LogP contribution in [-0.2, 0) is 13.6 Å². The van der Waals surface area contributed by atoms with Crippen LogP contribution in [0, 0.1) is 0 Å². The Balaban J connectivity index is 2.02. The quantitative estimate of drug-likeness (QED) is 0.660. The summed E-state index contributed by atoms with van der Waals surface area (Å²) in [5.41, 5.74) is 1.36. The summed E-state index contributed by atoms with van der Waals surface area (Å²) in [5, 5.41) is 3.47. The summed E-state index contributed by atoms with van der Waals surface area (Å²) in [5.74, 6) is 0. The Kier molecular flexibility index (Phi) is 5.38. The molecule has 1 heterocycles. The van der Waals surface area contributed by atoms with Crippen molar-refractivity contribution in [2.24, 2.45) is 7.05 Å². The highest BCUT2D eigenvalue weighted by Gasteiger charge is 1.95. The highest BCUT2D eigenvalue weighted by Crippen LogP contribution is 2.00. The summed E-state index contributed by atoms with van der Waals surface area (Å²) < 4.78 is 2.17. The summed E-state index contributed by atoms with van der Waals surface area (Å²) in [6.45, 7) is 4.39. The molecule has 0 aliphatic rings. The molecule has 0 bridgehead atoms. The van der Waals surface area contributed by atoms with Crippen molar-refractivity contribution in [1.82, 2.24) is 9.88 Å². The molecule has 0 aliphatic heterocycles. The molecule has 2 heteroatoms. The molecule has 80 valence electrons. The van der Waals surface area contributed by atoms with Gasteiger partial charge in [-0.15, -0.1) is 0 Å². The topological polar surface area (TPSA) is 17.0 Å². The van der Waals surface area contributed by atoms with Crippen LogP contribution in [0.15, 0.2) is 18.3 Å². The van der Waals surface area contributed by atoms with Gasteiger partial charge in [-0.3, -0.25) is 0 Å². The molecule has 0 amide bonds. The Morgan fingerprint density at radius 1 is 1.29 bits per heavy atom. The van der Waals surface area contributed by atoms with Crippen molar-refractivity contribution in [3.05, 3.63) is 24.0 Å². The van der Waals surface area contributed by atoms with Gasteiger partial charge in [-0.2, -0.15) is 0 Å². The Morgan fingerprint density at radius 3 is 2.79 bits per heavy atom. The fourth-order valence-electron chi connectivity index (χ4n) is 1.57. The third-order valence-electron chi connectivity index (χ3n) is 2.56. The maximum absolute atomic E-state index is 3.47. The zero-order chi connectivity index (χ0) is 10.2. The predicted octanol–water partition coefficient (Wildman–Crippen LogP) is 2.70. The average molecular weight is 194 g/mol. The van der Waals surface area contributed by atoms with Crippen LogP contribution in [0.3, 0.4) is 0 Å². The largest absolute Gasteiger partial charge is 0.353 e. The van der Waals surface area contributed by atoms with Gasteiger partial charge in [-0.05, 0) is 25.1 Å². The van der Waals surface area contributed by atoms with E-state index in [-0.39, 0.29) is 0 Å². The number of hydrogen-bond acceptors (Lipinski definition) is 1. The van der Waals surface area contributed by atoms with E-state index >= 15 is 0 Å². The lowest BCUT2D eigenvalue weighted by Gasteiger charge is -2.05. The van der Waals surface area contributed by atoms with E-state index in [9.17, 15) is 0 Å². The average Bonchev–Trinajstić information content (AvgIpc) is 2.58. The number of nitrogens with zero attached hydrogens (tertiary/aromatic N) is 1. The van der Waals surface area contributed by atoms with E-state index in [2.05, 4.69) is 42.2 Å². The van der Waals surface area contributed by atoms with Gasteiger partial charge < -0.3 is 9.88 Å². The van der Waals surface area contributed by atoms with Crippen molar-refractivity contribution in [1.29, 1.82) is 0 Å². The third-order valence-corrected chi connectivity index (χ3v) is 2.56. The van der Waals surface area contributed by atoms with Gasteiger partial charge >= 0.3 is 0 Å². The van der Waals surface area contributed by atoms with Gasteiger partial charge in [0.05, 0.1) is 0 Å². The summed E-state index contributed by atoms with van der Waals surface area (Å²) >= 11 is 0. The van der Waals surface area contributed by atoms with Crippen LogP contribution < -0.4 is 5.32 Å². The van der Waals surface area contributed by atoms with Crippen molar-refractivity contribution >= 4 is 0 Å². The minimum absolute atomic E-state index is 0.996. The van der Waals surface area contributed by atoms with Gasteiger partial charge in [0.25, 0.3) is 0 Å². The van der Waals surface area contributed by atoms with Crippen LogP contribution in [0.1, 0.15) is 38.3 Å². The molecule has 1 aromatic heterocycles. The molecule has 0 unspecified atom stereocenters. The first-order chi connectivity index (χ1) is 6.84. The summed E-state index contributed by atoms with van der Waals surface area (Å²) in [7, 11) is 2.09. The van der Waals surface area contributed by atoms with Gasteiger partial charge in [0.15, 0.2) is 0 Å². The number of aromatic nitrogens is 1. The van der Waals surface area contributed by atoms with Gasteiger partial charge in [0, 0.05) is 25.5 Å². The maximum atomic E-state index is 3.47. The first kappa shape index (κ1) is 11.3. The molecule has 0 spiro atoms. The van der Waals surface area contributed by atoms with Gasteiger partial charge in [0.2, 0.25) is 0 Å². The molecule has 1 aromatic rings. The Hall–Kier alpha value is -0.760. The lowest BCUT2D eigenvalue weighted by Crippen LogP contribution is -2.16. The third kappa shape index (κ3) is 3.97. The first-order valence-electron chi connectivity index (χ1n) is 5.65. The first-order valence-corrected chi connectivity index (χ1v) is 5.65. The maximum Gasteiger partial charge on any atom is 0.0359 e.